The molecule has 1 aromatic heterocycles. The van der Waals surface area contributed by atoms with E-state index in [4.69, 9.17) is 15.2 Å². The maximum absolute atomic E-state index is 6.00. The van der Waals surface area contributed by atoms with Crippen LogP contribution in [-0.2, 0) is 0 Å². The number of hydrogen-bond acceptors (Lipinski definition) is 4. The van der Waals surface area contributed by atoms with Crippen LogP contribution in [0.2, 0.25) is 0 Å². The third-order valence-electron chi connectivity index (χ3n) is 2.88. The van der Waals surface area contributed by atoms with Gasteiger partial charge < -0.3 is 15.2 Å². The lowest BCUT2D eigenvalue weighted by atomic mass is 10.2. The zero-order valence-electron chi connectivity index (χ0n) is 11.5. The topological polar surface area (TPSA) is 44.5 Å². The Kier molecular flexibility index (Phi) is 4.45. The number of benzene rings is 1. The second-order valence-electron chi connectivity index (χ2n) is 4.44. The van der Waals surface area contributed by atoms with Gasteiger partial charge in [-0.1, -0.05) is 6.07 Å². The van der Waals surface area contributed by atoms with Crippen molar-refractivity contribution in [2.24, 2.45) is 5.73 Å². The van der Waals surface area contributed by atoms with Crippen molar-refractivity contribution in [2.45, 2.75) is 20.0 Å². The van der Waals surface area contributed by atoms with Crippen LogP contribution in [0.1, 0.15) is 21.4 Å². The van der Waals surface area contributed by atoms with Crippen LogP contribution in [0.25, 0.3) is 0 Å². The summed E-state index contributed by atoms with van der Waals surface area (Å²) in [6.07, 6.45) is -0.129. The second kappa shape index (κ2) is 6.08. The van der Waals surface area contributed by atoms with Crippen molar-refractivity contribution >= 4 is 11.3 Å². The van der Waals surface area contributed by atoms with Crippen molar-refractivity contribution in [1.82, 2.24) is 0 Å². The molecule has 3 nitrogen and oxygen atoms in total. The summed E-state index contributed by atoms with van der Waals surface area (Å²) in [7, 11) is 1.65. The molecular weight excluding hydrogens is 258 g/mol. The van der Waals surface area contributed by atoms with Gasteiger partial charge in [0.25, 0.3) is 0 Å². The van der Waals surface area contributed by atoms with Crippen LogP contribution in [0.5, 0.6) is 11.5 Å². The molecular formula is C15H19NO2S. The molecule has 0 amide bonds. The Bertz CT molecular complexity index is 551. The molecule has 0 fully saturated rings. The first-order valence-corrected chi connectivity index (χ1v) is 7.03. The van der Waals surface area contributed by atoms with Gasteiger partial charge >= 0.3 is 0 Å². The van der Waals surface area contributed by atoms with E-state index in [1.54, 1.807) is 18.4 Å². The maximum Gasteiger partial charge on any atom is 0.162 e. The third-order valence-corrected chi connectivity index (χ3v) is 3.97. The highest BCUT2D eigenvalue weighted by atomic mass is 32.1. The summed E-state index contributed by atoms with van der Waals surface area (Å²) in [5.74, 6) is 1.47. The number of rotatable bonds is 5. The Hall–Kier alpha value is -1.52. The molecule has 0 aliphatic rings. The fourth-order valence-corrected chi connectivity index (χ4v) is 2.79. The molecule has 1 atom stereocenters. The van der Waals surface area contributed by atoms with Crippen molar-refractivity contribution in [1.29, 1.82) is 0 Å². The van der Waals surface area contributed by atoms with E-state index in [9.17, 15) is 0 Å². The van der Waals surface area contributed by atoms with Crippen LogP contribution >= 0.6 is 11.3 Å². The molecule has 1 unspecified atom stereocenters. The molecule has 0 bridgehead atoms. The number of ether oxygens (including phenoxy) is 2. The summed E-state index contributed by atoms with van der Waals surface area (Å²) < 4.78 is 11.4. The van der Waals surface area contributed by atoms with Crippen LogP contribution < -0.4 is 15.2 Å². The van der Waals surface area contributed by atoms with Crippen molar-refractivity contribution in [3.05, 3.63) is 45.6 Å². The Labute approximate surface area is 118 Å². The van der Waals surface area contributed by atoms with Gasteiger partial charge in [-0.3, -0.25) is 0 Å². The van der Waals surface area contributed by atoms with Crippen molar-refractivity contribution in [3.8, 4) is 11.5 Å². The third kappa shape index (κ3) is 3.28. The molecule has 0 aliphatic heterocycles. The molecule has 0 saturated carbocycles. The van der Waals surface area contributed by atoms with E-state index in [-0.39, 0.29) is 6.10 Å². The zero-order valence-corrected chi connectivity index (χ0v) is 12.3. The van der Waals surface area contributed by atoms with E-state index in [0.717, 1.165) is 21.9 Å². The molecule has 102 valence electrons. The minimum atomic E-state index is -0.129. The minimum Gasteiger partial charge on any atom is -0.493 e. The van der Waals surface area contributed by atoms with Crippen molar-refractivity contribution in [3.63, 3.8) is 0 Å². The van der Waals surface area contributed by atoms with Gasteiger partial charge in [0.1, 0.15) is 6.10 Å². The quantitative estimate of drug-likeness (QED) is 0.910. The Balaban J connectivity index is 2.23. The first-order chi connectivity index (χ1) is 9.13. The van der Waals surface area contributed by atoms with E-state index >= 15 is 0 Å². The first kappa shape index (κ1) is 13.9. The fourth-order valence-electron chi connectivity index (χ4n) is 1.87. The molecule has 2 aromatic rings. The predicted octanol–water partition coefficient (Wildman–Crippen LogP) is 3.45. The summed E-state index contributed by atoms with van der Waals surface area (Å²) >= 11 is 1.71. The fraction of sp³-hybridized carbons (Fsp3) is 0.333. The normalized spacial score (nSPS) is 12.2. The van der Waals surface area contributed by atoms with Crippen molar-refractivity contribution in [2.75, 3.05) is 13.7 Å². The smallest absolute Gasteiger partial charge is 0.162 e. The van der Waals surface area contributed by atoms with Gasteiger partial charge in [-0.25, -0.2) is 0 Å². The van der Waals surface area contributed by atoms with Crippen molar-refractivity contribution < 1.29 is 9.47 Å². The molecule has 2 rings (SSSR count). The molecule has 19 heavy (non-hydrogen) atoms. The summed E-state index contributed by atoms with van der Waals surface area (Å²) in [6.45, 7) is 4.54. The SMILES string of the molecule is COc1cc(C)ccc1OC(CN)c1ccc(C)s1. The van der Waals surface area contributed by atoms with Crippen LogP contribution in [0.3, 0.4) is 0 Å². The number of methoxy groups -OCH3 is 1. The molecule has 1 aromatic carbocycles. The predicted molar refractivity (Wildman–Crippen MR) is 79.2 cm³/mol. The molecule has 2 N–H and O–H groups in total. The monoisotopic (exact) mass is 277 g/mol. The molecule has 0 radical (unpaired) electrons. The van der Waals surface area contributed by atoms with Gasteiger partial charge in [-0.2, -0.15) is 0 Å². The highest BCUT2D eigenvalue weighted by Gasteiger charge is 2.16. The molecule has 1 heterocycles. The molecule has 0 spiro atoms. The van der Waals surface area contributed by atoms with Gasteiger partial charge in [-0.15, -0.1) is 11.3 Å². The molecule has 0 saturated heterocycles. The first-order valence-electron chi connectivity index (χ1n) is 6.21. The van der Waals surface area contributed by atoms with Gasteiger partial charge in [0.05, 0.1) is 7.11 Å². The Morgan fingerprint density at radius 1 is 1.16 bits per heavy atom. The average Bonchev–Trinajstić information content (AvgIpc) is 2.83. The molecule has 4 heteroatoms. The summed E-state index contributed by atoms with van der Waals surface area (Å²) in [5.41, 5.74) is 6.96. The minimum absolute atomic E-state index is 0.129. The number of thiophene rings is 1. The lowest BCUT2D eigenvalue weighted by Crippen LogP contribution is -2.17. The highest BCUT2D eigenvalue weighted by molar-refractivity contribution is 7.12. The molecule has 0 aliphatic carbocycles. The number of aryl methyl sites for hydroxylation is 2. The van der Waals surface area contributed by atoms with Gasteiger partial charge in [0.15, 0.2) is 11.5 Å². The standard InChI is InChI=1S/C15H19NO2S/c1-10-4-6-12(13(8-10)17-3)18-14(9-16)15-7-5-11(2)19-15/h4-8,14H,9,16H2,1-3H3. The Morgan fingerprint density at radius 3 is 2.53 bits per heavy atom. The zero-order chi connectivity index (χ0) is 13.8. The summed E-state index contributed by atoms with van der Waals surface area (Å²) in [5, 5.41) is 0. The van der Waals surface area contributed by atoms with Crippen LogP contribution in [0.15, 0.2) is 30.3 Å². The lowest BCUT2D eigenvalue weighted by molar-refractivity contribution is 0.208. The average molecular weight is 277 g/mol. The largest absolute Gasteiger partial charge is 0.493 e. The number of hydrogen-bond donors (Lipinski definition) is 1. The summed E-state index contributed by atoms with van der Waals surface area (Å²) in [4.78, 5) is 2.40. The van der Waals surface area contributed by atoms with Gasteiger partial charge in [-0.05, 0) is 43.7 Å². The van der Waals surface area contributed by atoms with Crippen LogP contribution in [0.4, 0.5) is 0 Å². The Morgan fingerprint density at radius 2 is 1.95 bits per heavy atom. The van der Waals surface area contributed by atoms with E-state index in [0.29, 0.717) is 6.54 Å². The lowest BCUT2D eigenvalue weighted by Gasteiger charge is -2.18. The van der Waals surface area contributed by atoms with Crippen LogP contribution in [0, 0.1) is 13.8 Å². The maximum atomic E-state index is 6.00. The van der Waals surface area contributed by atoms with E-state index in [1.165, 1.54) is 4.88 Å². The van der Waals surface area contributed by atoms with Gasteiger partial charge in [0.2, 0.25) is 0 Å². The van der Waals surface area contributed by atoms with Crippen LogP contribution in [-0.4, -0.2) is 13.7 Å². The summed E-state index contributed by atoms with van der Waals surface area (Å²) in [6, 6.07) is 10.0. The van der Waals surface area contributed by atoms with E-state index in [1.807, 2.05) is 25.1 Å². The van der Waals surface area contributed by atoms with E-state index < -0.39 is 0 Å². The van der Waals surface area contributed by atoms with E-state index in [2.05, 4.69) is 19.1 Å². The number of nitrogens with two attached hydrogens (primary N) is 1. The second-order valence-corrected chi connectivity index (χ2v) is 5.76. The van der Waals surface area contributed by atoms with Gasteiger partial charge in [0, 0.05) is 16.3 Å². The highest BCUT2D eigenvalue weighted by Crippen LogP contribution is 2.33.